The van der Waals surface area contributed by atoms with Gasteiger partial charge in [0.05, 0.1) is 0 Å². The summed E-state index contributed by atoms with van der Waals surface area (Å²) in [7, 11) is 0. The average molecular weight is 501 g/mol. The Morgan fingerprint density at radius 3 is 2.70 bits per heavy atom. The molecule has 1 spiro atoms. The SMILES string of the molecule is BrC12C=CC=C3[C](=CC=C31)[Zr+2][C]1(C=Cc3ccccc31)S2.[Cl-].[Cl-]. The molecule has 2 unspecified atom stereocenters. The van der Waals surface area contributed by atoms with Crippen molar-refractivity contribution in [3.63, 3.8) is 0 Å². The van der Waals surface area contributed by atoms with Gasteiger partial charge in [0.25, 0.3) is 0 Å². The number of fused-ring (bicyclic) bond motifs is 2. The van der Waals surface area contributed by atoms with Crippen LogP contribution < -0.4 is 24.8 Å². The van der Waals surface area contributed by atoms with Crippen molar-refractivity contribution < 1.29 is 48.0 Å². The molecule has 2 atom stereocenters. The van der Waals surface area contributed by atoms with Crippen molar-refractivity contribution in [2.24, 2.45) is 0 Å². The minimum absolute atomic E-state index is 0. The zero-order valence-electron chi connectivity index (χ0n) is 11.9. The number of halogens is 3. The van der Waals surface area contributed by atoms with Crippen molar-refractivity contribution in [1.82, 2.24) is 0 Å². The summed E-state index contributed by atoms with van der Waals surface area (Å²) < 4.78 is 1.76. The van der Waals surface area contributed by atoms with E-state index < -0.39 is 23.2 Å². The van der Waals surface area contributed by atoms with Gasteiger partial charge in [-0.3, -0.25) is 0 Å². The molecule has 5 rings (SSSR count). The van der Waals surface area contributed by atoms with E-state index in [2.05, 4.69) is 94.5 Å². The first-order valence-electron chi connectivity index (χ1n) is 6.99. The molecule has 0 saturated carbocycles. The normalized spacial score (nSPS) is 30.7. The third-order valence-corrected chi connectivity index (χ3v) is 12.0. The average Bonchev–Trinajstić information content (AvgIpc) is 3.02. The Kier molecular flexibility index (Phi) is 4.84. The number of benzene rings is 1. The summed E-state index contributed by atoms with van der Waals surface area (Å²) >= 11 is 5.36. The monoisotopic (exact) mass is 498 g/mol. The first-order valence-corrected chi connectivity index (χ1v) is 11.1. The van der Waals surface area contributed by atoms with E-state index in [1.54, 1.807) is 3.28 Å². The van der Waals surface area contributed by atoms with Gasteiger partial charge in [-0.15, -0.1) is 0 Å². The molecule has 3 aliphatic carbocycles. The summed E-state index contributed by atoms with van der Waals surface area (Å²) in [6.07, 6.45) is 16.3. The molecule has 1 fully saturated rings. The van der Waals surface area contributed by atoms with Crippen LogP contribution in [-0.2, 0) is 25.7 Å². The van der Waals surface area contributed by atoms with Crippen molar-refractivity contribution in [1.29, 1.82) is 0 Å². The van der Waals surface area contributed by atoms with Crippen molar-refractivity contribution in [3.05, 3.63) is 86.3 Å². The number of hydrogen-bond acceptors (Lipinski definition) is 1. The topological polar surface area (TPSA) is 0 Å². The number of hydrogen-bond donors (Lipinski definition) is 0. The molecule has 4 aliphatic rings. The fourth-order valence-corrected chi connectivity index (χ4v) is 13.0. The van der Waals surface area contributed by atoms with Gasteiger partial charge in [-0.2, -0.15) is 0 Å². The van der Waals surface area contributed by atoms with E-state index in [1.165, 1.54) is 22.3 Å². The van der Waals surface area contributed by atoms with Crippen molar-refractivity contribution in [2.45, 2.75) is 6.11 Å². The van der Waals surface area contributed by atoms with Crippen LogP contribution in [0, 0.1) is 0 Å². The molecule has 1 aromatic carbocycles. The molecule has 0 N–H and O–H groups in total. The van der Waals surface area contributed by atoms with Crippen molar-refractivity contribution in [3.8, 4) is 0 Å². The van der Waals surface area contributed by atoms with E-state index in [9.17, 15) is 0 Å². The van der Waals surface area contributed by atoms with Gasteiger partial charge < -0.3 is 24.8 Å². The van der Waals surface area contributed by atoms with Crippen molar-refractivity contribution in [2.75, 3.05) is 0 Å². The molecule has 0 amide bonds. The molecular formula is C18H11BrCl2SZr. The van der Waals surface area contributed by atoms with E-state index in [0.29, 0.717) is 0 Å². The summed E-state index contributed by atoms with van der Waals surface area (Å²) in [4.78, 5) is 0. The van der Waals surface area contributed by atoms with Crippen LogP contribution in [0.3, 0.4) is 0 Å². The number of alkyl halides is 1. The Balaban J connectivity index is 0.000000781. The van der Waals surface area contributed by atoms with Crippen LogP contribution in [-0.4, -0.2) is 3.66 Å². The first-order chi connectivity index (χ1) is 10.2. The van der Waals surface area contributed by atoms with Gasteiger partial charge in [0, 0.05) is 0 Å². The van der Waals surface area contributed by atoms with Crippen LogP contribution in [0.15, 0.2) is 75.1 Å². The molecule has 0 nitrogen and oxygen atoms in total. The van der Waals surface area contributed by atoms with Crippen molar-refractivity contribution >= 4 is 33.8 Å². The van der Waals surface area contributed by atoms with E-state index >= 15 is 0 Å². The summed E-state index contributed by atoms with van der Waals surface area (Å²) in [6.45, 7) is 0. The molecule has 4 bridgehead atoms. The van der Waals surface area contributed by atoms with Crippen LogP contribution in [0.2, 0.25) is 0 Å². The van der Waals surface area contributed by atoms with Crippen LogP contribution in [0.5, 0.6) is 0 Å². The molecule has 0 aromatic heterocycles. The first kappa shape index (κ1) is 18.0. The standard InChI is InChI=1S/C18H11BrS.2ClH.Zr/c19-18(12-4-7-14-6-3-9-16(14)18)20-17-11-10-13-5-1-2-8-15(13)17;;;/h1-5,7-12H;2*1H;/q;;;+2/p-2. The van der Waals surface area contributed by atoms with E-state index in [4.69, 9.17) is 0 Å². The maximum Gasteiger partial charge on any atom is -1.00 e. The molecular weight excluding hydrogens is 490 g/mol. The molecule has 5 heteroatoms. The predicted octanol–water partition coefficient (Wildman–Crippen LogP) is -0.885. The second kappa shape index (κ2) is 6.18. The second-order valence-electron chi connectivity index (χ2n) is 5.63. The number of rotatable bonds is 0. The van der Waals surface area contributed by atoms with Gasteiger partial charge in [0.15, 0.2) is 0 Å². The van der Waals surface area contributed by atoms with E-state index in [0.717, 1.165) is 0 Å². The molecule has 1 aromatic rings. The smallest absolute Gasteiger partial charge is 1.00 e. The fourth-order valence-electron chi connectivity index (χ4n) is 3.46. The third kappa shape index (κ3) is 2.50. The number of thioether (sulfide) groups is 1. The number of allylic oxidation sites excluding steroid dienone is 6. The van der Waals surface area contributed by atoms with Crippen LogP contribution in [0.25, 0.3) is 6.08 Å². The largest absolute Gasteiger partial charge is 1.00 e. The summed E-state index contributed by atoms with van der Waals surface area (Å²) in [6, 6.07) is 8.91. The Labute approximate surface area is 172 Å². The van der Waals surface area contributed by atoms with Gasteiger partial charge >= 0.3 is 149 Å². The zero-order chi connectivity index (χ0) is 14.1. The maximum absolute atomic E-state index is 4.05. The predicted molar refractivity (Wildman–Crippen MR) is 89.8 cm³/mol. The fraction of sp³-hybridized carbons (Fsp3) is 0.111. The van der Waals surface area contributed by atoms with Gasteiger partial charge in [-0.1, -0.05) is 0 Å². The third-order valence-electron chi connectivity index (χ3n) is 4.43. The van der Waals surface area contributed by atoms with Gasteiger partial charge in [-0.25, -0.2) is 0 Å². The van der Waals surface area contributed by atoms with Crippen LogP contribution in [0.1, 0.15) is 11.1 Å². The molecule has 1 heterocycles. The maximum atomic E-state index is 4.05. The minimum Gasteiger partial charge on any atom is -1.00 e. The van der Waals surface area contributed by atoms with Crippen LogP contribution >= 0.6 is 27.7 Å². The molecule has 1 aliphatic heterocycles. The van der Waals surface area contributed by atoms with Gasteiger partial charge in [0.1, 0.15) is 0 Å². The Morgan fingerprint density at radius 1 is 1.00 bits per heavy atom. The van der Waals surface area contributed by atoms with Gasteiger partial charge in [0.2, 0.25) is 0 Å². The minimum atomic E-state index is -0.789. The quantitative estimate of drug-likeness (QED) is 0.417. The zero-order valence-corrected chi connectivity index (χ0v) is 18.3. The molecule has 114 valence electrons. The van der Waals surface area contributed by atoms with E-state index in [-0.39, 0.29) is 30.9 Å². The van der Waals surface area contributed by atoms with Crippen LogP contribution in [0.4, 0.5) is 0 Å². The summed E-state index contributed by atoms with van der Waals surface area (Å²) in [5.41, 5.74) is 5.86. The summed E-state index contributed by atoms with van der Waals surface area (Å²) in [5, 5.41) is 0. The van der Waals surface area contributed by atoms with E-state index in [1.807, 2.05) is 0 Å². The second-order valence-corrected chi connectivity index (χ2v) is 13.7. The van der Waals surface area contributed by atoms with Gasteiger partial charge in [-0.05, 0) is 0 Å². The Hall–Kier alpha value is 0.213. The molecule has 23 heavy (non-hydrogen) atoms. The molecule has 1 saturated heterocycles. The summed E-state index contributed by atoms with van der Waals surface area (Å²) in [5.74, 6) is 0. The Morgan fingerprint density at radius 2 is 1.83 bits per heavy atom. The molecule has 0 radical (unpaired) electrons. The Bertz CT molecular complexity index is 839.